The van der Waals surface area contributed by atoms with Gasteiger partial charge in [0.05, 0.1) is 0 Å². The van der Waals surface area contributed by atoms with E-state index in [0.717, 1.165) is 12.8 Å². The molecule has 0 aliphatic carbocycles. The molecule has 0 aliphatic rings. The smallest absolute Gasteiger partial charge is 0.0441 e. The van der Waals surface area contributed by atoms with E-state index in [0.29, 0.717) is 0 Å². The summed E-state index contributed by atoms with van der Waals surface area (Å²) in [5.41, 5.74) is 0. The average molecular weight is 177 g/mol. The van der Waals surface area contributed by atoms with Crippen LogP contribution in [-0.2, 0) is 0 Å². The minimum absolute atomic E-state index is 0.106. The lowest BCUT2D eigenvalue weighted by Crippen LogP contribution is -2.18. The van der Waals surface area contributed by atoms with Crippen molar-refractivity contribution in [3.8, 4) is 0 Å². The van der Waals surface area contributed by atoms with Crippen molar-refractivity contribution in [1.29, 1.82) is 0 Å². The zero-order valence-corrected chi connectivity index (χ0v) is 8.88. The summed E-state index contributed by atoms with van der Waals surface area (Å²) >= 11 is 6.34. The molecule has 0 bridgehead atoms. The number of unbranched alkanes of at least 4 members (excludes halogenated alkanes) is 2. The summed E-state index contributed by atoms with van der Waals surface area (Å²) in [4.78, 5) is 0.106. The van der Waals surface area contributed by atoms with Gasteiger partial charge in [-0.3, -0.25) is 0 Å². The van der Waals surface area contributed by atoms with Crippen LogP contribution in [0.5, 0.6) is 0 Å². The Hall–Kier alpha value is 0.290. The molecule has 0 radical (unpaired) electrons. The maximum Gasteiger partial charge on any atom is 0.0441 e. The zero-order chi connectivity index (χ0) is 8.74. The van der Waals surface area contributed by atoms with Crippen LogP contribution < -0.4 is 0 Å². The molecule has 0 unspecified atom stereocenters. The van der Waals surface area contributed by atoms with Gasteiger partial charge in [-0.25, -0.2) is 0 Å². The lowest BCUT2D eigenvalue weighted by atomic mass is 9.95. The predicted octanol–water partition coefficient (Wildman–Crippen LogP) is 4.36. The molecule has 0 aromatic rings. The third-order valence-corrected chi connectivity index (χ3v) is 3.22. The van der Waals surface area contributed by atoms with E-state index >= 15 is 0 Å². The van der Waals surface area contributed by atoms with Gasteiger partial charge in [0.25, 0.3) is 0 Å². The third-order valence-electron chi connectivity index (χ3n) is 2.50. The lowest BCUT2D eigenvalue weighted by molar-refractivity contribution is 0.468. The molecule has 0 heterocycles. The molecule has 11 heavy (non-hydrogen) atoms. The third kappa shape index (κ3) is 4.68. The number of alkyl halides is 1. The van der Waals surface area contributed by atoms with E-state index in [9.17, 15) is 0 Å². The van der Waals surface area contributed by atoms with Crippen LogP contribution in [0.4, 0.5) is 0 Å². The van der Waals surface area contributed by atoms with E-state index < -0.39 is 0 Å². The number of hydrogen-bond acceptors (Lipinski definition) is 0. The van der Waals surface area contributed by atoms with E-state index in [1.165, 1.54) is 25.7 Å². The van der Waals surface area contributed by atoms with Gasteiger partial charge in [-0.05, 0) is 19.3 Å². The molecule has 0 aliphatic heterocycles. The van der Waals surface area contributed by atoms with Crippen molar-refractivity contribution in [2.45, 2.75) is 64.2 Å². The van der Waals surface area contributed by atoms with Crippen molar-refractivity contribution >= 4 is 11.6 Å². The quantitative estimate of drug-likeness (QED) is 0.417. The van der Waals surface area contributed by atoms with E-state index in [-0.39, 0.29) is 4.87 Å². The largest absolute Gasteiger partial charge is 0.119 e. The summed E-state index contributed by atoms with van der Waals surface area (Å²) in [7, 11) is 0. The topological polar surface area (TPSA) is 0 Å². The van der Waals surface area contributed by atoms with Gasteiger partial charge in [-0.1, -0.05) is 40.0 Å². The molecule has 0 nitrogen and oxygen atoms in total. The van der Waals surface area contributed by atoms with E-state index in [2.05, 4.69) is 20.8 Å². The minimum atomic E-state index is 0.106. The number of hydrogen-bond donors (Lipinski definition) is 0. The van der Waals surface area contributed by atoms with Crippen LogP contribution in [0.25, 0.3) is 0 Å². The Morgan fingerprint density at radius 3 is 1.91 bits per heavy atom. The molecule has 0 atom stereocenters. The molecule has 0 N–H and O–H groups in total. The zero-order valence-electron chi connectivity index (χ0n) is 8.12. The summed E-state index contributed by atoms with van der Waals surface area (Å²) in [5, 5.41) is 0. The number of halogens is 1. The molecule has 0 rings (SSSR count). The van der Waals surface area contributed by atoms with Crippen LogP contribution in [0.2, 0.25) is 0 Å². The van der Waals surface area contributed by atoms with Gasteiger partial charge < -0.3 is 0 Å². The Kier molecular flexibility index (Phi) is 6.03. The Bertz CT molecular complexity index is 84.9. The van der Waals surface area contributed by atoms with Gasteiger partial charge in [0.2, 0.25) is 0 Å². The standard InChI is InChI=1S/C10H21Cl/c1-4-7-8-9-10(11,5-2)6-3/h4-9H2,1-3H3. The summed E-state index contributed by atoms with van der Waals surface area (Å²) in [5.74, 6) is 0. The Balaban J connectivity index is 3.51. The first-order valence-corrected chi connectivity index (χ1v) is 5.25. The molecule has 1 heteroatoms. The predicted molar refractivity (Wildman–Crippen MR) is 53.3 cm³/mol. The van der Waals surface area contributed by atoms with Crippen molar-refractivity contribution in [1.82, 2.24) is 0 Å². The summed E-state index contributed by atoms with van der Waals surface area (Å²) in [6.07, 6.45) is 7.31. The van der Waals surface area contributed by atoms with Crippen LogP contribution in [0.15, 0.2) is 0 Å². The van der Waals surface area contributed by atoms with Crippen molar-refractivity contribution < 1.29 is 0 Å². The molecule has 68 valence electrons. The maximum absolute atomic E-state index is 6.34. The van der Waals surface area contributed by atoms with Crippen molar-refractivity contribution in [2.24, 2.45) is 0 Å². The second kappa shape index (κ2) is 5.88. The number of rotatable bonds is 6. The van der Waals surface area contributed by atoms with Crippen molar-refractivity contribution in [2.75, 3.05) is 0 Å². The highest BCUT2D eigenvalue weighted by Crippen LogP contribution is 2.29. The maximum atomic E-state index is 6.34. The second-order valence-electron chi connectivity index (χ2n) is 3.32. The molecule has 0 aromatic heterocycles. The highest BCUT2D eigenvalue weighted by molar-refractivity contribution is 6.23. The molecule has 0 spiro atoms. The average Bonchev–Trinajstić information content (AvgIpc) is 2.05. The minimum Gasteiger partial charge on any atom is -0.119 e. The highest BCUT2D eigenvalue weighted by atomic mass is 35.5. The second-order valence-corrected chi connectivity index (χ2v) is 4.12. The van der Waals surface area contributed by atoms with Gasteiger partial charge >= 0.3 is 0 Å². The first-order chi connectivity index (χ1) is 5.18. The summed E-state index contributed by atoms with van der Waals surface area (Å²) < 4.78 is 0. The van der Waals surface area contributed by atoms with Crippen molar-refractivity contribution in [3.63, 3.8) is 0 Å². The van der Waals surface area contributed by atoms with Gasteiger partial charge in [0, 0.05) is 4.87 Å². The summed E-state index contributed by atoms with van der Waals surface area (Å²) in [6, 6.07) is 0. The fraction of sp³-hybridized carbons (Fsp3) is 1.00. The van der Waals surface area contributed by atoms with Gasteiger partial charge in [0.1, 0.15) is 0 Å². The molecular formula is C10H21Cl. The van der Waals surface area contributed by atoms with Crippen LogP contribution in [0, 0.1) is 0 Å². The Morgan fingerprint density at radius 2 is 1.55 bits per heavy atom. The van der Waals surface area contributed by atoms with Crippen LogP contribution >= 0.6 is 11.6 Å². The Labute approximate surface area is 76.3 Å². The van der Waals surface area contributed by atoms with Gasteiger partial charge in [0.15, 0.2) is 0 Å². The molecule has 0 fully saturated rings. The first-order valence-electron chi connectivity index (χ1n) is 4.87. The SMILES string of the molecule is CCCCCC(Cl)(CC)CC. The molecule has 0 amide bonds. The molecule has 0 saturated carbocycles. The highest BCUT2D eigenvalue weighted by Gasteiger charge is 2.21. The first kappa shape index (κ1) is 11.3. The van der Waals surface area contributed by atoms with E-state index in [4.69, 9.17) is 11.6 Å². The van der Waals surface area contributed by atoms with E-state index in [1.807, 2.05) is 0 Å². The van der Waals surface area contributed by atoms with Gasteiger partial charge in [-0.2, -0.15) is 0 Å². The van der Waals surface area contributed by atoms with E-state index in [1.54, 1.807) is 0 Å². The van der Waals surface area contributed by atoms with Crippen LogP contribution in [0.1, 0.15) is 59.3 Å². The van der Waals surface area contributed by atoms with Crippen molar-refractivity contribution in [3.05, 3.63) is 0 Å². The monoisotopic (exact) mass is 176 g/mol. The Morgan fingerprint density at radius 1 is 1.00 bits per heavy atom. The summed E-state index contributed by atoms with van der Waals surface area (Å²) in [6.45, 7) is 6.60. The molecular weight excluding hydrogens is 156 g/mol. The van der Waals surface area contributed by atoms with Gasteiger partial charge in [-0.15, -0.1) is 11.6 Å². The van der Waals surface area contributed by atoms with Crippen LogP contribution in [-0.4, -0.2) is 4.87 Å². The fourth-order valence-corrected chi connectivity index (χ4v) is 1.43. The fourth-order valence-electron chi connectivity index (χ4n) is 1.30. The van der Waals surface area contributed by atoms with Crippen LogP contribution in [0.3, 0.4) is 0 Å². The molecule has 0 saturated heterocycles. The lowest BCUT2D eigenvalue weighted by Gasteiger charge is -2.23. The normalized spacial score (nSPS) is 12.0. The molecule has 0 aromatic carbocycles.